The van der Waals surface area contributed by atoms with Crippen molar-refractivity contribution in [2.45, 2.75) is 0 Å². The van der Waals surface area contributed by atoms with Gasteiger partial charge >= 0.3 is 0 Å². The molecule has 0 aliphatic carbocycles. The van der Waals surface area contributed by atoms with Crippen molar-refractivity contribution in [3.63, 3.8) is 0 Å². The lowest BCUT2D eigenvalue weighted by Gasteiger charge is -2.05. The molecule has 12 heavy (non-hydrogen) atoms. The van der Waals surface area contributed by atoms with Crippen molar-refractivity contribution in [3.8, 4) is 0 Å². The van der Waals surface area contributed by atoms with Crippen molar-refractivity contribution in [1.29, 1.82) is 0 Å². The molecule has 1 rings (SSSR count). The maximum Gasteiger partial charge on any atom is 0.236 e. The summed E-state index contributed by atoms with van der Waals surface area (Å²) < 4.78 is 0. The molecular weight excluding hydrogens is 156 g/mol. The molecule has 0 aliphatic rings. The number of pyridine rings is 1. The van der Waals surface area contributed by atoms with E-state index in [1.807, 2.05) is 0 Å². The van der Waals surface area contributed by atoms with Crippen LogP contribution in [-0.4, -0.2) is 17.4 Å². The first-order chi connectivity index (χ1) is 5.70. The fraction of sp³-hybridized carbons (Fsp3) is 0.143. The average molecular weight is 166 g/mol. The van der Waals surface area contributed by atoms with E-state index in [4.69, 9.17) is 11.5 Å². The summed E-state index contributed by atoms with van der Waals surface area (Å²) >= 11 is 0. The predicted octanol–water partition coefficient (Wildman–Crippen LogP) is -0.439. The maximum atomic E-state index is 10.4. The number of nitrogen functional groups attached to an aromatic ring is 1. The highest BCUT2D eigenvalue weighted by Crippen LogP contribution is 2.13. The van der Waals surface area contributed by atoms with Crippen LogP contribution >= 0.6 is 0 Å². The Morgan fingerprint density at radius 1 is 1.67 bits per heavy atom. The monoisotopic (exact) mass is 166 g/mol. The summed E-state index contributed by atoms with van der Waals surface area (Å²) in [4.78, 5) is 14.2. The molecule has 1 heterocycles. The Bertz CT molecular complexity index is 286. The number of carbonyl (C=O) groups excluding carboxylic acids is 1. The lowest BCUT2D eigenvalue weighted by Crippen LogP contribution is -2.22. The minimum absolute atomic E-state index is 0.0654. The van der Waals surface area contributed by atoms with E-state index in [0.29, 0.717) is 11.4 Å². The van der Waals surface area contributed by atoms with Gasteiger partial charge in [-0.1, -0.05) is 0 Å². The van der Waals surface area contributed by atoms with Gasteiger partial charge in [-0.15, -0.1) is 0 Å². The Morgan fingerprint density at radius 3 is 3.00 bits per heavy atom. The normalized spacial score (nSPS) is 9.33. The summed E-state index contributed by atoms with van der Waals surface area (Å²) in [5.74, 6) is -0.432. The van der Waals surface area contributed by atoms with Gasteiger partial charge in [-0.3, -0.25) is 9.78 Å². The first kappa shape index (κ1) is 8.32. The fourth-order valence-corrected chi connectivity index (χ4v) is 0.735. The zero-order valence-electron chi connectivity index (χ0n) is 6.45. The van der Waals surface area contributed by atoms with Crippen LogP contribution in [0.5, 0.6) is 0 Å². The third-order valence-corrected chi connectivity index (χ3v) is 1.31. The molecule has 0 aromatic carbocycles. The Morgan fingerprint density at radius 2 is 2.42 bits per heavy atom. The van der Waals surface area contributed by atoms with Crippen molar-refractivity contribution < 1.29 is 4.79 Å². The molecule has 5 heteroatoms. The summed E-state index contributed by atoms with van der Waals surface area (Å²) in [5.41, 5.74) is 11.6. The van der Waals surface area contributed by atoms with E-state index in [2.05, 4.69) is 10.3 Å². The van der Waals surface area contributed by atoms with Crippen molar-refractivity contribution in [2.24, 2.45) is 5.73 Å². The number of hydrogen-bond donors (Lipinski definition) is 3. The minimum atomic E-state index is -0.432. The number of nitrogens with zero attached hydrogens (tertiary/aromatic N) is 1. The highest BCUT2D eigenvalue weighted by Gasteiger charge is 1.98. The summed E-state index contributed by atoms with van der Waals surface area (Å²) in [6.45, 7) is 0.0654. The number of primary amides is 1. The average Bonchev–Trinajstić information content (AvgIpc) is 2.03. The van der Waals surface area contributed by atoms with Crippen molar-refractivity contribution in [3.05, 3.63) is 18.5 Å². The van der Waals surface area contributed by atoms with Crippen LogP contribution in [0.2, 0.25) is 0 Å². The number of nitrogens with one attached hydrogen (secondary N) is 1. The van der Waals surface area contributed by atoms with Crippen molar-refractivity contribution in [2.75, 3.05) is 17.6 Å². The molecule has 0 fully saturated rings. The van der Waals surface area contributed by atoms with Gasteiger partial charge in [0.05, 0.1) is 24.1 Å². The number of aromatic nitrogens is 1. The smallest absolute Gasteiger partial charge is 0.236 e. The lowest BCUT2D eigenvalue weighted by atomic mass is 10.3. The van der Waals surface area contributed by atoms with Crippen molar-refractivity contribution >= 4 is 17.3 Å². The molecule has 1 aromatic heterocycles. The van der Waals surface area contributed by atoms with Gasteiger partial charge in [-0.05, 0) is 6.07 Å². The molecule has 1 amide bonds. The Kier molecular flexibility index (Phi) is 2.47. The third-order valence-electron chi connectivity index (χ3n) is 1.31. The molecule has 0 spiro atoms. The number of hydrogen-bond acceptors (Lipinski definition) is 4. The van der Waals surface area contributed by atoms with Crippen LogP contribution in [-0.2, 0) is 4.79 Å². The lowest BCUT2D eigenvalue weighted by molar-refractivity contribution is -0.116. The molecule has 64 valence electrons. The Balaban J connectivity index is 2.63. The number of anilines is 2. The topological polar surface area (TPSA) is 94.0 Å². The molecule has 0 aliphatic heterocycles. The number of amides is 1. The van der Waals surface area contributed by atoms with Crippen LogP contribution in [0.3, 0.4) is 0 Å². The molecule has 0 atom stereocenters. The van der Waals surface area contributed by atoms with Gasteiger partial charge in [-0.25, -0.2) is 0 Å². The fourth-order valence-electron chi connectivity index (χ4n) is 0.735. The van der Waals surface area contributed by atoms with E-state index in [-0.39, 0.29) is 6.54 Å². The minimum Gasteiger partial charge on any atom is -0.397 e. The maximum absolute atomic E-state index is 10.4. The molecule has 0 saturated heterocycles. The van der Waals surface area contributed by atoms with E-state index in [1.165, 1.54) is 6.20 Å². The number of nitrogens with two attached hydrogens (primary N) is 2. The van der Waals surface area contributed by atoms with Gasteiger partial charge in [-0.2, -0.15) is 0 Å². The molecule has 1 aromatic rings. The summed E-state index contributed by atoms with van der Waals surface area (Å²) in [7, 11) is 0. The molecule has 5 nitrogen and oxygen atoms in total. The van der Waals surface area contributed by atoms with E-state index in [9.17, 15) is 4.79 Å². The summed E-state index contributed by atoms with van der Waals surface area (Å²) in [6.07, 6.45) is 3.11. The molecular formula is C7H10N4O. The van der Waals surface area contributed by atoms with Crippen LogP contribution in [0.1, 0.15) is 0 Å². The third kappa shape index (κ3) is 2.12. The zero-order valence-corrected chi connectivity index (χ0v) is 6.45. The van der Waals surface area contributed by atoms with Crippen LogP contribution < -0.4 is 16.8 Å². The van der Waals surface area contributed by atoms with Gasteiger partial charge in [0.15, 0.2) is 0 Å². The number of carbonyl (C=O) groups is 1. The first-order valence-electron chi connectivity index (χ1n) is 3.42. The van der Waals surface area contributed by atoms with Gasteiger partial charge in [0.2, 0.25) is 5.91 Å². The Hall–Kier alpha value is -1.78. The van der Waals surface area contributed by atoms with E-state index < -0.39 is 5.91 Å². The summed E-state index contributed by atoms with van der Waals surface area (Å²) in [5, 5.41) is 2.75. The van der Waals surface area contributed by atoms with Gasteiger partial charge in [0, 0.05) is 6.20 Å². The van der Waals surface area contributed by atoms with Gasteiger partial charge < -0.3 is 16.8 Å². The first-order valence-corrected chi connectivity index (χ1v) is 3.42. The predicted molar refractivity (Wildman–Crippen MR) is 46.3 cm³/mol. The molecule has 0 unspecified atom stereocenters. The van der Waals surface area contributed by atoms with Gasteiger partial charge in [0.1, 0.15) is 0 Å². The van der Waals surface area contributed by atoms with Crippen LogP contribution in [0.4, 0.5) is 11.4 Å². The molecule has 0 radical (unpaired) electrons. The Labute approximate surface area is 69.8 Å². The van der Waals surface area contributed by atoms with Crippen LogP contribution in [0, 0.1) is 0 Å². The highest BCUT2D eigenvalue weighted by molar-refractivity contribution is 5.80. The standard InChI is InChI=1S/C7H10N4O/c8-5-1-2-10-3-6(5)11-4-7(9)12/h1-3,11H,4H2,(H2,8,10)(H2,9,12). The second-order valence-electron chi connectivity index (χ2n) is 2.28. The quantitative estimate of drug-likeness (QED) is 0.567. The second-order valence-corrected chi connectivity index (χ2v) is 2.28. The largest absolute Gasteiger partial charge is 0.397 e. The van der Waals surface area contributed by atoms with Crippen LogP contribution in [0.15, 0.2) is 18.5 Å². The zero-order chi connectivity index (χ0) is 8.97. The highest BCUT2D eigenvalue weighted by atomic mass is 16.1. The second kappa shape index (κ2) is 3.56. The molecule has 0 bridgehead atoms. The SMILES string of the molecule is NC(=O)CNc1cnccc1N. The van der Waals surface area contributed by atoms with Crippen molar-refractivity contribution in [1.82, 2.24) is 4.98 Å². The summed E-state index contributed by atoms with van der Waals surface area (Å²) in [6, 6.07) is 1.64. The van der Waals surface area contributed by atoms with E-state index in [0.717, 1.165) is 0 Å². The van der Waals surface area contributed by atoms with Gasteiger partial charge in [0.25, 0.3) is 0 Å². The van der Waals surface area contributed by atoms with Crippen LogP contribution in [0.25, 0.3) is 0 Å². The molecule has 0 saturated carbocycles. The molecule has 5 N–H and O–H groups in total. The van der Waals surface area contributed by atoms with E-state index in [1.54, 1.807) is 12.3 Å². The number of rotatable bonds is 3. The van der Waals surface area contributed by atoms with E-state index >= 15 is 0 Å².